The SMILES string of the molecule is O=C(CC1(C(=O)O)CCCC1)NC1COC1. The number of rotatable bonds is 4. The number of carboxylic acids is 1. The number of ether oxygens (including phenoxy) is 1. The lowest BCUT2D eigenvalue weighted by molar-refractivity contribution is -0.152. The van der Waals surface area contributed by atoms with Gasteiger partial charge in [0.25, 0.3) is 0 Å². The van der Waals surface area contributed by atoms with Crippen molar-refractivity contribution in [3.05, 3.63) is 0 Å². The van der Waals surface area contributed by atoms with Gasteiger partial charge in [0.2, 0.25) is 5.91 Å². The fraction of sp³-hybridized carbons (Fsp3) is 0.818. The summed E-state index contributed by atoms with van der Waals surface area (Å²) in [5, 5.41) is 12.0. The molecule has 2 aliphatic rings. The topological polar surface area (TPSA) is 75.6 Å². The molecular formula is C11H17NO4. The van der Waals surface area contributed by atoms with Crippen LogP contribution in [0.15, 0.2) is 0 Å². The summed E-state index contributed by atoms with van der Waals surface area (Å²) in [7, 11) is 0. The predicted octanol–water partition coefficient (Wildman–Crippen LogP) is 0.536. The first-order valence-corrected chi connectivity index (χ1v) is 5.73. The molecule has 2 fully saturated rings. The van der Waals surface area contributed by atoms with Crippen molar-refractivity contribution < 1.29 is 19.4 Å². The second kappa shape index (κ2) is 4.41. The molecule has 1 heterocycles. The predicted molar refractivity (Wildman–Crippen MR) is 55.9 cm³/mol. The van der Waals surface area contributed by atoms with E-state index in [1.807, 2.05) is 0 Å². The molecule has 0 aromatic carbocycles. The minimum atomic E-state index is -0.829. The Morgan fingerprint density at radius 3 is 2.38 bits per heavy atom. The molecule has 0 atom stereocenters. The molecule has 5 heteroatoms. The van der Waals surface area contributed by atoms with Crippen molar-refractivity contribution in [2.75, 3.05) is 13.2 Å². The van der Waals surface area contributed by atoms with Crippen molar-refractivity contribution in [3.8, 4) is 0 Å². The van der Waals surface area contributed by atoms with Crippen LogP contribution in [0, 0.1) is 5.41 Å². The number of aliphatic carboxylic acids is 1. The molecule has 0 spiro atoms. The number of carbonyl (C=O) groups excluding carboxylic acids is 1. The molecule has 0 bridgehead atoms. The fourth-order valence-electron chi connectivity index (χ4n) is 2.42. The summed E-state index contributed by atoms with van der Waals surface area (Å²) in [6, 6.07) is 0.0831. The maximum absolute atomic E-state index is 11.7. The van der Waals surface area contributed by atoms with Gasteiger partial charge in [-0.15, -0.1) is 0 Å². The van der Waals surface area contributed by atoms with Crippen LogP contribution in [0.5, 0.6) is 0 Å². The second-order valence-corrected chi connectivity index (χ2v) is 4.77. The molecule has 0 radical (unpaired) electrons. The molecule has 16 heavy (non-hydrogen) atoms. The van der Waals surface area contributed by atoms with Crippen LogP contribution >= 0.6 is 0 Å². The van der Waals surface area contributed by atoms with E-state index in [9.17, 15) is 14.7 Å². The Hall–Kier alpha value is -1.10. The molecule has 5 nitrogen and oxygen atoms in total. The van der Waals surface area contributed by atoms with Crippen LogP contribution in [0.1, 0.15) is 32.1 Å². The lowest BCUT2D eigenvalue weighted by Gasteiger charge is -2.29. The van der Waals surface area contributed by atoms with Crippen molar-refractivity contribution in [1.29, 1.82) is 0 Å². The van der Waals surface area contributed by atoms with Gasteiger partial charge in [-0.2, -0.15) is 0 Å². The van der Waals surface area contributed by atoms with Gasteiger partial charge >= 0.3 is 5.97 Å². The average Bonchev–Trinajstić information content (AvgIpc) is 2.61. The smallest absolute Gasteiger partial charge is 0.310 e. The largest absolute Gasteiger partial charge is 0.481 e. The Balaban J connectivity index is 1.89. The maximum Gasteiger partial charge on any atom is 0.310 e. The maximum atomic E-state index is 11.7. The highest BCUT2D eigenvalue weighted by Gasteiger charge is 2.43. The Kier molecular flexibility index (Phi) is 3.14. The molecule has 1 amide bonds. The zero-order valence-corrected chi connectivity index (χ0v) is 9.20. The van der Waals surface area contributed by atoms with Crippen LogP contribution in [0.25, 0.3) is 0 Å². The summed E-state index contributed by atoms with van der Waals surface area (Å²) >= 11 is 0. The molecule has 1 aliphatic carbocycles. The number of carboxylic acid groups (broad SMARTS) is 1. The fourth-order valence-corrected chi connectivity index (χ4v) is 2.42. The highest BCUT2D eigenvalue weighted by atomic mass is 16.5. The van der Waals surface area contributed by atoms with Gasteiger partial charge in [-0.05, 0) is 12.8 Å². The standard InChI is InChI=1S/C11H17NO4/c13-9(12-8-6-16-7-8)5-11(10(14)15)3-1-2-4-11/h8H,1-7H2,(H,12,13)(H,14,15). The quantitative estimate of drug-likeness (QED) is 0.734. The Bertz CT molecular complexity index is 292. The monoisotopic (exact) mass is 227 g/mol. The molecule has 1 saturated heterocycles. The van der Waals surface area contributed by atoms with Crippen LogP contribution in [-0.2, 0) is 14.3 Å². The van der Waals surface area contributed by atoms with Gasteiger partial charge in [0.1, 0.15) is 0 Å². The number of hydrogen-bond donors (Lipinski definition) is 2. The van der Waals surface area contributed by atoms with E-state index in [1.54, 1.807) is 0 Å². The van der Waals surface area contributed by atoms with Crippen molar-refractivity contribution in [3.63, 3.8) is 0 Å². The van der Waals surface area contributed by atoms with Crippen LogP contribution in [0.2, 0.25) is 0 Å². The first-order valence-electron chi connectivity index (χ1n) is 5.73. The Labute approximate surface area is 94.2 Å². The third kappa shape index (κ3) is 2.19. The highest BCUT2D eigenvalue weighted by molar-refractivity contribution is 5.85. The van der Waals surface area contributed by atoms with E-state index in [4.69, 9.17) is 4.74 Å². The molecular weight excluding hydrogens is 210 g/mol. The van der Waals surface area contributed by atoms with Gasteiger partial charge in [0.05, 0.1) is 24.7 Å². The lowest BCUT2D eigenvalue weighted by Crippen LogP contribution is -2.50. The van der Waals surface area contributed by atoms with Crippen LogP contribution in [0.4, 0.5) is 0 Å². The summed E-state index contributed by atoms with van der Waals surface area (Å²) in [6.45, 7) is 1.09. The summed E-state index contributed by atoms with van der Waals surface area (Å²) in [4.78, 5) is 22.9. The van der Waals surface area contributed by atoms with E-state index in [2.05, 4.69) is 5.32 Å². The molecule has 0 unspecified atom stereocenters. The number of nitrogens with one attached hydrogen (secondary N) is 1. The summed E-state index contributed by atoms with van der Waals surface area (Å²) in [6.07, 6.45) is 3.17. The Morgan fingerprint density at radius 2 is 1.94 bits per heavy atom. The van der Waals surface area contributed by atoms with Gasteiger partial charge in [0.15, 0.2) is 0 Å². The summed E-state index contributed by atoms with van der Waals surface area (Å²) in [5.41, 5.74) is -0.811. The Morgan fingerprint density at radius 1 is 1.31 bits per heavy atom. The minimum absolute atomic E-state index is 0.0831. The van der Waals surface area contributed by atoms with Crippen LogP contribution in [0.3, 0.4) is 0 Å². The third-order valence-corrected chi connectivity index (χ3v) is 3.52. The van der Waals surface area contributed by atoms with Crippen molar-refractivity contribution in [1.82, 2.24) is 5.32 Å². The van der Waals surface area contributed by atoms with E-state index in [1.165, 1.54) is 0 Å². The minimum Gasteiger partial charge on any atom is -0.481 e. The van der Waals surface area contributed by atoms with Gasteiger partial charge in [-0.1, -0.05) is 12.8 Å². The molecule has 90 valence electrons. The molecule has 2 N–H and O–H groups in total. The van der Waals surface area contributed by atoms with E-state index in [-0.39, 0.29) is 18.4 Å². The van der Waals surface area contributed by atoms with Crippen molar-refractivity contribution in [2.45, 2.75) is 38.1 Å². The number of amides is 1. The van der Waals surface area contributed by atoms with Crippen LogP contribution < -0.4 is 5.32 Å². The first kappa shape index (κ1) is 11.4. The zero-order chi connectivity index (χ0) is 11.6. The average molecular weight is 227 g/mol. The highest BCUT2D eigenvalue weighted by Crippen LogP contribution is 2.41. The zero-order valence-electron chi connectivity index (χ0n) is 9.20. The number of carbonyl (C=O) groups is 2. The second-order valence-electron chi connectivity index (χ2n) is 4.77. The molecule has 0 aromatic heterocycles. The van der Waals surface area contributed by atoms with E-state index in [0.29, 0.717) is 26.1 Å². The van der Waals surface area contributed by atoms with E-state index in [0.717, 1.165) is 12.8 Å². The summed E-state index contributed by atoms with van der Waals surface area (Å²) in [5.74, 6) is -0.984. The molecule has 1 aliphatic heterocycles. The van der Waals surface area contributed by atoms with Gasteiger partial charge in [-0.3, -0.25) is 9.59 Å². The lowest BCUT2D eigenvalue weighted by atomic mass is 9.82. The van der Waals surface area contributed by atoms with Gasteiger partial charge in [0, 0.05) is 6.42 Å². The van der Waals surface area contributed by atoms with Crippen molar-refractivity contribution in [2.24, 2.45) is 5.41 Å². The van der Waals surface area contributed by atoms with Crippen LogP contribution in [-0.4, -0.2) is 36.2 Å². The molecule has 0 aromatic rings. The van der Waals surface area contributed by atoms with E-state index >= 15 is 0 Å². The molecule has 1 saturated carbocycles. The van der Waals surface area contributed by atoms with E-state index < -0.39 is 11.4 Å². The first-order chi connectivity index (χ1) is 7.62. The number of hydrogen-bond acceptors (Lipinski definition) is 3. The summed E-state index contributed by atoms with van der Waals surface area (Å²) < 4.78 is 4.95. The van der Waals surface area contributed by atoms with Gasteiger partial charge < -0.3 is 15.2 Å². The molecule has 2 rings (SSSR count). The van der Waals surface area contributed by atoms with Crippen molar-refractivity contribution >= 4 is 11.9 Å². The third-order valence-electron chi connectivity index (χ3n) is 3.52. The van der Waals surface area contributed by atoms with Gasteiger partial charge in [-0.25, -0.2) is 0 Å². The normalized spacial score (nSPS) is 23.8.